The van der Waals surface area contributed by atoms with Gasteiger partial charge in [-0.2, -0.15) is 0 Å². The number of rotatable bonds is 7. The maximum atomic E-state index is 12.6. The number of benzene rings is 1. The molecule has 1 aliphatic carbocycles. The first-order valence-electron chi connectivity index (χ1n) is 8.47. The molecular weight excluding hydrogens is 318 g/mol. The molecule has 1 aromatic rings. The van der Waals surface area contributed by atoms with Crippen LogP contribution in [0.15, 0.2) is 23.8 Å². The Morgan fingerprint density at radius 3 is 2.16 bits per heavy atom. The van der Waals surface area contributed by atoms with E-state index < -0.39 is 0 Å². The number of nitrogens with one attached hydrogen (secondary N) is 1. The second kappa shape index (κ2) is 7.38. The van der Waals surface area contributed by atoms with Crippen molar-refractivity contribution in [2.24, 2.45) is 17.3 Å². The minimum absolute atomic E-state index is 0.00301. The second-order valence-corrected chi connectivity index (χ2v) is 7.31. The van der Waals surface area contributed by atoms with Crippen LogP contribution in [-0.4, -0.2) is 27.2 Å². The van der Waals surface area contributed by atoms with Gasteiger partial charge in [0.1, 0.15) is 5.75 Å². The number of hydrogen-bond acceptors (Lipinski definition) is 4. The zero-order valence-electron chi connectivity index (χ0n) is 16.2. The maximum Gasteiger partial charge on any atom is 0.224 e. The van der Waals surface area contributed by atoms with Crippen LogP contribution in [0.2, 0.25) is 0 Å². The molecule has 1 fully saturated rings. The van der Waals surface area contributed by atoms with Crippen molar-refractivity contribution in [2.75, 3.05) is 21.3 Å². The number of carbonyl (C=O) groups is 1. The molecule has 5 nitrogen and oxygen atoms in total. The number of ether oxygens (including phenoxy) is 3. The summed E-state index contributed by atoms with van der Waals surface area (Å²) in [6, 6.07) is 3.61. The van der Waals surface area contributed by atoms with Crippen LogP contribution in [0.3, 0.4) is 0 Å². The van der Waals surface area contributed by atoms with Crippen molar-refractivity contribution in [2.45, 2.75) is 34.2 Å². The zero-order chi connectivity index (χ0) is 18.8. The van der Waals surface area contributed by atoms with Crippen LogP contribution < -0.4 is 19.5 Å². The van der Waals surface area contributed by atoms with E-state index in [4.69, 9.17) is 14.2 Å². The summed E-state index contributed by atoms with van der Waals surface area (Å²) in [5.41, 5.74) is 2.10. The van der Waals surface area contributed by atoms with Crippen molar-refractivity contribution in [3.05, 3.63) is 29.3 Å². The highest BCUT2D eigenvalue weighted by Gasteiger charge is 2.60. The first kappa shape index (κ1) is 19.2. The monoisotopic (exact) mass is 347 g/mol. The third-order valence-electron chi connectivity index (χ3n) is 4.95. The van der Waals surface area contributed by atoms with E-state index in [1.165, 1.54) is 5.57 Å². The fourth-order valence-electron chi connectivity index (χ4n) is 3.37. The lowest BCUT2D eigenvalue weighted by Gasteiger charge is -2.14. The summed E-state index contributed by atoms with van der Waals surface area (Å²) >= 11 is 0. The van der Waals surface area contributed by atoms with Gasteiger partial charge in [-0.25, -0.2) is 0 Å². The number of amides is 1. The Morgan fingerprint density at radius 1 is 1.08 bits per heavy atom. The van der Waals surface area contributed by atoms with Gasteiger partial charge in [-0.05, 0) is 31.2 Å². The molecule has 1 aromatic carbocycles. The Morgan fingerprint density at radius 2 is 1.64 bits per heavy atom. The molecule has 0 unspecified atom stereocenters. The number of carbonyl (C=O) groups excluding carboxylic acids is 1. The number of methoxy groups -OCH3 is 3. The van der Waals surface area contributed by atoms with E-state index in [0.29, 0.717) is 29.7 Å². The van der Waals surface area contributed by atoms with Crippen LogP contribution in [0.4, 0.5) is 0 Å². The summed E-state index contributed by atoms with van der Waals surface area (Å²) in [4.78, 5) is 12.6. The minimum atomic E-state index is 0.00301. The van der Waals surface area contributed by atoms with Gasteiger partial charge in [0, 0.05) is 18.2 Å². The van der Waals surface area contributed by atoms with Crippen LogP contribution in [0, 0.1) is 17.3 Å². The van der Waals surface area contributed by atoms with E-state index in [2.05, 4.69) is 39.1 Å². The molecule has 1 amide bonds. The summed E-state index contributed by atoms with van der Waals surface area (Å²) in [6.07, 6.45) is 2.20. The van der Waals surface area contributed by atoms with Gasteiger partial charge >= 0.3 is 0 Å². The van der Waals surface area contributed by atoms with E-state index in [0.717, 1.165) is 5.56 Å². The van der Waals surface area contributed by atoms with Gasteiger partial charge in [0.05, 0.1) is 27.2 Å². The molecule has 2 atom stereocenters. The Hall–Kier alpha value is -2.17. The van der Waals surface area contributed by atoms with Gasteiger partial charge in [-0.1, -0.05) is 25.5 Å². The Balaban J connectivity index is 2.11. The van der Waals surface area contributed by atoms with Crippen molar-refractivity contribution >= 4 is 5.91 Å². The highest BCUT2D eigenvalue weighted by molar-refractivity contribution is 5.83. The number of allylic oxidation sites excluding steroid dienone is 2. The quantitative estimate of drug-likeness (QED) is 0.766. The average Bonchev–Trinajstić information content (AvgIpc) is 3.11. The Kier molecular flexibility index (Phi) is 5.65. The fourth-order valence-corrected chi connectivity index (χ4v) is 3.37. The van der Waals surface area contributed by atoms with Crippen LogP contribution in [0.1, 0.15) is 33.3 Å². The molecule has 2 rings (SSSR count). The van der Waals surface area contributed by atoms with Crippen molar-refractivity contribution < 1.29 is 19.0 Å². The average molecular weight is 347 g/mol. The summed E-state index contributed by atoms with van der Waals surface area (Å²) in [7, 11) is 4.77. The van der Waals surface area contributed by atoms with Crippen LogP contribution in [0.25, 0.3) is 0 Å². The zero-order valence-corrected chi connectivity index (χ0v) is 16.2. The van der Waals surface area contributed by atoms with Gasteiger partial charge in [0.25, 0.3) is 0 Å². The summed E-state index contributed by atoms with van der Waals surface area (Å²) in [6.45, 7) is 8.79. The maximum absolute atomic E-state index is 12.6. The molecule has 5 heteroatoms. The summed E-state index contributed by atoms with van der Waals surface area (Å²) in [5, 5.41) is 3.04. The lowest BCUT2D eigenvalue weighted by molar-refractivity contribution is -0.123. The highest BCUT2D eigenvalue weighted by Crippen LogP contribution is 2.59. The second-order valence-electron chi connectivity index (χ2n) is 7.31. The normalized spacial score (nSPS) is 20.4. The lowest BCUT2D eigenvalue weighted by Crippen LogP contribution is -2.26. The molecule has 0 bridgehead atoms. The molecule has 0 saturated heterocycles. The van der Waals surface area contributed by atoms with Crippen LogP contribution >= 0.6 is 0 Å². The predicted octanol–water partition coefficient (Wildman–Crippen LogP) is 3.57. The van der Waals surface area contributed by atoms with Gasteiger partial charge in [0.2, 0.25) is 5.91 Å². The first-order chi connectivity index (χ1) is 11.8. The van der Waals surface area contributed by atoms with Gasteiger partial charge < -0.3 is 19.5 Å². The van der Waals surface area contributed by atoms with E-state index >= 15 is 0 Å². The largest absolute Gasteiger partial charge is 0.496 e. The van der Waals surface area contributed by atoms with Crippen molar-refractivity contribution in [3.63, 3.8) is 0 Å². The highest BCUT2D eigenvalue weighted by atomic mass is 16.5. The molecule has 0 aliphatic heterocycles. The Labute approximate surface area is 150 Å². The standard InChI is InChI=1S/C20H29NO4/c1-12(2)8-14-18(20(14,3)4)19(22)21-11-13-9-16(24-6)17(25-7)10-15(13)23-5/h8-10,14,18H,11H2,1-7H3,(H,21,22)/t14-,18-/m0/s1. The summed E-state index contributed by atoms with van der Waals surface area (Å²) in [5.74, 6) is 2.25. The van der Waals surface area contributed by atoms with E-state index in [1.54, 1.807) is 27.4 Å². The first-order valence-corrected chi connectivity index (χ1v) is 8.47. The molecule has 1 saturated carbocycles. The molecule has 0 heterocycles. The van der Waals surface area contributed by atoms with Crippen LogP contribution in [-0.2, 0) is 11.3 Å². The predicted molar refractivity (Wildman–Crippen MR) is 98.1 cm³/mol. The third kappa shape index (κ3) is 3.91. The topological polar surface area (TPSA) is 56.8 Å². The molecule has 1 aliphatic rings. The van der Waals surface area contributed by atoms with Gasteiger partial charge in [0.15, 0.2) is 11.5 Å². The van der Waals surface area contributed by atoms with E-state index in [9.17, 15) is 4.79 Å². The van der Waals surface area contributed by atoms with E-state index in [1.807, 2.05) is 6.07 Å². The smallest absolute Gasteiger partial charge is 0.224 e. The Bertz CT molecular complexity index is 675. The lowest BCUT2D eigenvalue weighted by atomic mass is 10.1. The third-order valence-corrected chi connectivity index (χ3v) is 4.95. The van der Waals surface area contributed by atoms with Crippen LogP contribution in [0.5, 0.6) is 17.2 Å². The number of hydrogen-bond donors (Lipinski definition) is 1. The molecule has 0 radical (unpaired) electrons. The molecule has 0 aromatic heterocycles. The van der Waals surface area contributed by atoms with E-state index in [-0.39, 0.29) is 17.2 Å². The SMILES string of the molecule is COc1cc(OC)c(OC)cc1CNC(=O)[C@@H]1[C@H](C=C(C)C)C1(C)C. The molecule has 0 spiro atoms. The van der Waals surface area contributed by atoms with Crippen molar-refractivity contribution in [3.8, 4) is 17.2 Å². The molecule has 138 valence electrons. The molecule has 1 N–H and O–H groups in total. The van der Waals surface area contributed by atoms with Gasteiger partial charge in [-0.15, -0.1) is 0 Å². The molecule has 25 heavy (non-hydrogen) atoms. The van der Waals surface area contributed by atoms with Crippen molar-refractivity contribution in [1.82, 2.24) is 5.32 Å². The minimum Gasteiger partial charge on any atom is -0.496 e. The molecular formula is C20H29NO4. The summed E-state index contributed by atoms with van der Waals surface area (Å²) < 4.78 is 16.0. The van der Waals surface area contributed by atoms with Crippen molar-refractivity contribution in [1.29, 1.82) is 0 Å². The fraction of sp³-hybridized carbons (Fsp3) is 0.550. The van der Waals surface area contributed by atoms with Gasteiger partial charge in [-0.3, -0.25) is 4.79 Å².